The number of primary amides is 1. The molecular formula is C27H36N6O4S. The molecule has 10 nitrogen and oxygen atoms in total. The molecule has 1 saturated heterocycles. The van der Waals surface area contributed by atoms with Crippen LogP contribution in [0, 0.1) is 0 Å². The maximum atomic E-state index is 12.1. The first-order valence-corrected chi connectivity index (χ1v) is 13.7. The topological polar surface area (TPSA) is 147 Å². The average molecular weight is 541 g/mol. The second-order valence-electron chi connectivity index (χ2n) is 9.80. The number of amides is 2. The maximum Gasteiger partial charge on any atom is 0.410 e. The Balaban J connectivity index is 1.37. The molecule has 1 unspecified atom stereocenters. The van der Waals surface area contributed by atoms with Crippen molar-refractivity contribution in [1.29, 1.82) is 0 Å². The molecule has 38 heavy (non-hydrogen) atoms. The number of fused-ring (bicyclic) bond motifs is 1. The van der Waals surface area contributed by atoms with E-state index in [0.29, 0.717) is 17.8 Å². The summed E-state index contributed by atoms with van der Waals surface area (Å²) < 4.78 is 5.10. The number of hydrogen-bond acceptors (Lipinski definition) is 9. The van der Waals surface area contributed by atoms with Crippen LogP contribution in [0.25, 0.3) is 10.2 Å². The number of carbonyl (C=O) groups excluding carboxylic acids is 2. The predicted octanol–water partition coefficient (Wildman–Crippen LogP) is 3.28. The molecule has 2 amide bonds. The van der Waals surface area contributed by atoms with Crippen LogP contribution in [-0.2, 0) is 6.42 Å². The zero-order valence-corrected chi connectivity index (χ0v) is 22.9. The number of aryl methyl sites for hydroxylation is 1. The van der Waals surface area contributed by atoms with Crippen LogP contribution < -0.4 is 26.4 Å². The van der Waals surface area contributed by atoms with E-state index in [4.69, 9.17) is 21.2 Å². The van der Waals surface area contributed by atoms with Crippen molar-refractivity contribution < 1.29 is 19.4 Å². The number of rotatable bonds is 9. The van der Waals surface area contributed by atoms with Gasteiger partial charge in [-0.3, -0.25) is 4.79 Å². The van der Waals surface area contributed by atoms with E-state index in [1.165, 1.54) is 16.2 Å². The van der Waals surface area contributed by atoms with Gasteiger partial charge in [-0.1, -0.05) is 36.8 Å². The standard InChI is InChI=1S/C27H36N6O4S/c1-4-5-18-14-21(31-24-22(18)23(28)26(38-24)37-27(29)36)33-12-10-19(11-13-33)30-15-20(34)16-6-8-17(9-7-16)25(35)32(2)3/h6-9,14,19-20,30,34H,4-5,10-13,15,28H2,1-3H3,(H2,29,36). The molecule has 1 aromatic carbocycles. The summed E-state index contributed by atoms with van der Waals surface area (Å²) in [6.07, 6.45) is 2.06. The molecule has 0 radical (unpaired) electrons. The highest BCUT2D eigenvalue weighted by Crippen LogP contribution is 2.42. The number of nitrogens with two attached hydrogens (primary N) is 2. The van der Waals surface area contributed by atoms with Crippen LogP contribution in [0.2, 0.25) is 0 Å². The summed E-state index contributed by atoms with van der Waals surface area (Å²) in [7, 11) is 3.43. The molecule has 204 valence electrons. The maximum absolute atomic E-state index is 12.1. The first-order valence-electron chi connectivity index (χ1n) is 12.8. The normalized spacial score (nSPS) is 15.0. The van der Waals surface area contributed by atoms with Gasteiger partial charge in [0.05, 0.1) is 11.8 Å². The Hall–Kier alpha value is -3.41. The molecular weight excluding hydrogens is 504 g/mol. The fourth-order valence-electron chi connectivity index (χ4n) is 4.78. The van der Waals surface area contributed by atoms with Crippen molar-refractivity contribution in [1.82, 2.24) is 15.2 Å². The SMILES string of the molecule is CCCc1cc(N2CCC(NCC(O)c3ccc(C(=O)N(C)C)cc3)CC2)nc2sc(OC(N)=O)c(N)c12. The fourth-order valence-corrected chi connectivity index (χ4v) is 5.77. The number of piperidine rings is 1. The summed E-state index contributed by atoms with van der Waals surface area (Å²) in [6, 6.07) is 9.48. The lowest BCUT2D eigenvalue weighted by Crippen LogP contribution is -2.44. The smallest absolute Gasteiger partial charge is 0.397 e. The Bertz CT molecular complexity index is 1280. The molecule has 1 aliphatic rings. The zero-order valence-electron chi connectivity index (χ0n) is 22.1. The lowest BCUT2D eigenvalue weighted by Gasteiger charge is -2.34. The van der Waals surface area contributed by atoms with E-state index in [0.717, 1.165) is 65.9 Å². The fraction of sp³-hybridized carbons (Fsp3) is 0.444. The second-order valence-corrected chi connectivity index (χ2v) is 10.8. The van der Waals surface area contributed by atoms with Crippen molar-refractivity contribution >= 4 is 45.1 Å². The van der Waals surface area contributed by atoms with Crippen molar-refractivity contribution in [2.45, 2.75) is 44.8 Å². The number of anilines is 2. The molecule has 1 fully saturated rings. The van der Waals surface area contributed by atoms with E-state index in [-0.39, 0.29) is 17.0 Å². The van der Waals surface area contributed by atoms with Gasteiger partial charge in [0.1, 0.15) is 10.6 Å². The molecule has 0 saturated carbocycles. The minimum absolute atomic E-state index is 0.0617. The van der Waals surface area contributed by atoms with Gasteiger partial charge in [-0.15, -0.1) is 0 Å². The number of nitrogens with one attached hydrogen (secondary N) is 1. The number of carbonyl (C=O) groups is 2. The minimum atomic E-state index is -0.892. The second kappa shape index (κ2) is 12.0. The highest BCUT2D eigenvalue weighted by molar-refractivity contribution is 7.21. The summed E-state index contributed by atoms with van der Waals surface area (Å²) in [4.78, 5) is 32.7. The van der Waals surface area contributed by atoms with E-state index < -0.39 is 12.2 Å². The van der Waals surface area contributed by atoms with Crippen LogP contribution in [0.3, 0.4) is 0 Å². The molecule has 1 aliphatic heterocycles. The Morgan fingerprint density at radius 2 is 1.95 bits per heavy atom. The van der Waals surface area contributed by atoms with Crippen molar-refractivity contribution in [3.63, 3.8) is 0 Å². The number of aromatic nitrogens is 1. The molecule has 0 spiro atoms. The van der Waals surface area contributed by atoms with Gasteiger partial charge in [0.2, 0.25) is 5.06 Å². The van der Waals surface area contributed by atoms with E-state index in [1.807, 2.05) is 0 Å². The van der Waals surface area contributed by atoms with Gasteiger partial charge in [-0.2, -0.15) is 0 Å². The van der Waals surface area contributed by atoms with E-state index in [1.54, 1.807) is 38.4 Å². The lowest BCUT2D eigenvalue weighted by atomic mass is 10.0. The van der Waals surface area contributed by atoms with Gasteiger partial charge in [0.25, 0.3) is 5.91 Å². The van der Waals surface area contributed by atoms with Crippen molar-refractivity contribution in [2.75, 3.05) is 44.4 Å². The Morgan fingerprint density at radius 1 is 1.26 bits per heavy atom. The quantitative estimate of drug-likeness (QED) is 0.323. The van der Waals surface area contributed by atoms with Crippen LogP contribution in [0.4, 0.5) is 16.3 Å². The molecule has 6 N–H and O–H groups in total. The third-order valence-corrected chi connectivity index (χ3v) is 7.79. The van der Waals surface area contributed by atoms with Crippen molar-refractivity contribution in [2.24, 2.45) is 5.73 Å². The Morgan fingerprint density at radius 3 is 2.55 bits per heavy atom. The van der Waals surface area contributed by atoms with E-state index in [9.17, 15) is 14.7 Å². The zero-order chi connectivity index (χ0) is 27.4. The summed E-state index contributed by atoms with van der Waals surface area (Å²) in [5, 5.41) is 15.3. The summed E-state index contributed by atoms with van der Waals surface area (Å²) >= 11 is 1.24. The van der Waals surface area contributed by atoms with Gasteiger partial charge < -0.3 is 36.4 Å². The molecule has 2 aromatic heterocycles. The summed E-state index contributed by atoms with van der Waals surface area (Å²) in [5.41, 5.74) is 14.3. The van der Waals surface area contributed by atoms with Crippen molar-refractivity contribution in [3.8, 4) is 5.06 Å². The monoisotopic (exact) mass is 540 g/mol. The summed E-state index contributed by atoms with van der Waals surface area (Å²) in [5.74, 6) is 0.826. The first kappa shape index (κ1) is 27.6. The van der Waals surface area contributed by atoms with E-state index in [2.05, 4.69) is 23.2 Å². The lowest BCUT2D eigenvalue weighted by molar-refractivity contribution is 0.0827. The molecule has 4 rings (SSSR count). The van der Waals surface area contributed by atoms with Crippen LogP contribution in [0.5, 0.6) is 5.06 Å². The molecule has 0 bridgehead atoms. The average Bonchev–Trinajstić information content (AvgIpc) is 3.21. The van der Waals surface area contributed by atoms with Gasteiger partial charge >= 0.3 is 6.09 Å². The number of aliphatic hydroxyl groups is 1. The Labute approximate surface area is 226 Å². The highest BCUT2D eigenvalue weighted by atomic mass is 32.1. The molecule has 3 heterocycles. The third kappa shape index (κ3) is 6.17. The molecule has 0 aliphatic carbocycles. The number of aliphatic hydroxyl groups excluding tert-OH is 1. The molecule has 11 heteroatoms. The number of benzene rings is 1. The predicted molar refractivity (Wildman–Crippen MR) is 151 cm³/mol. The number of nitrogens with zero attached hydrogens (tertiary/aromatic N) is 3. The number of ether oxygens (including phenoxy) is 1. The van der Waals surface area contributed by atoms with Gasteiger partial charge in [-0.25, -0.2) is 9.78 Å². The van der Waals surface area contributed by atoms with Crippen molar-refractivity contribution in [3.05, 3.63) is 47.0 Å². The summed E-state index contributed by atoms with van der Waals surface area (Å²) in [6.45, 7) is 4.20. The molecule has 1 atom stereocenters. The van der Waals surface area contributed by atoms with Gasteiger partial charge in [-0.05, 0) is 48.6 Å². The third-order valence-electron chi connectivity index (χ3n) is 6.81. The van der Waals surface area contributed by atoms with Crippen LogP contribution in [-0.4, -0.2) is 66.8 Å². The number of nitrogen functional groups attached to an aromatic ring is 1. The van der Waals surface area contributed by atoms with Crippen LogP contribution >= 0.6 is 11.3 Å². The van der Waals surface area contributed by atoms with Gasteiger partial charge in [0.15, 0.2) is 0 Å². The van der Waals surface area contributed by atoms with E-state index >= 15 is 0 Å². The first-order chi connectivity index (χ1) is 18.2. The van der Waals surface area contributed by atoms with Crippen LogP contribution in [0.1, 0.15) is 53.8 Å². The van der Waals surface area contributed by atoms with Gasteiger partial charge in [0, 0.05) is 50.7 Å². The Kier molecular flexibility index (Phi) is 8.70. The molecule has 3 aromatic rings. The van der Waals surface area contributed by atoms with Crippen LogP contribution in [0.15, 0.2) is 30.3 Å². The highest BCUT2D eigenvalue weighted by Gasteiger charge is 2.24. The largest absolute Gasteiger partial charge is 0.410 e. The number of pyridine rings is 1. The number of hydrogen-bond donors (Lipinski definition) is 4. The minimum Gasteiger partial charge on any atom is -0.397 e. The number of thiophene rings is 1.